The maximum atomic E-state index is 12.0. The van der Waals surface area contributed by atoms with Crippen molar-refractivity contribution >= 4 is 12.1 Å². The van der Waals surface area contributed by atoms with Crippen LogP contribution in [0.4, 0.5) is 4.79 Å². The number of alkyl carbamates (subject to hydrolysis) is 1. The van der Waals surface area contributed by atoms with Crippen molar-refractivity contribution in [3.63, 3.8) is 0 Å². The number of rotatable bonds is 13. The molecule has 1 amide bonds. The number of amides is 1. The molecule has 2 N–H and O–H groups in total. The summed E-state index contributed by atoms with van der Waals surface area (Å²) >= 11 is 0. The Bertz CT molecular complexity index is 1180. The molecule has 3 aromatic rings. The molecule has 2 aromatic carbocycles. The lowest BCUT2D eigenvalue weighted by Gasteiger charge is -2.31. The lowest BCUT2D eigenvalue weighted by molar-refractivity contribution is -0.151. The van der Waals surface area contributed by atoms with Crippen LogP contribution in [0.15, 0.2) is 54.6 Å². The summed E-state index contributed by atoms with van der Waals surface area (Å²) in [5, 5.41) is 28.2. The molecule has 0 fully saturated rings. The fourth-order valence-electron chi connectivity index (χ4n) is 3.30. The maximum Gasteiger partial charge on any atom is 0.407 e. The fourth-order valence-corrected chi connectivity index (χ4v) is 3.30. The Morgan fingerprint density at radius 1 is 0.816 bits per heavy atom. The summed E-state index contributed by atoms with van der Waals surface area (Å²) in [4.78, 5) is 22.9. The van der Waals surface area contributed by atoms with Gasteiger partial charge in [0.15, 0.2) is 0 Å². The Balaban J connectivity index is 1.37. The zero-order chi connectivity index (χ0) is 27.6. The maximum absolute atomic E-state index is 12.0. The van der Waals surface area contributed by atoms with Crippen molar-refractivity contribution < 1.29 is 28.9 Å². The molecule has 11 nitrogen and oxygen atoms in total. The SMILES string of the molecule is CC(C)(COC(C)(C)CC(=O)O)OCCNC(=O)OCc1ccc(-c2nnc(-c3ccccc3)nn2)cc1. The minimum atomic E-state index is -0.926. The number of aliphatic carboxylic acids is 1. The fraction of sp³-hybridized carbons (Fsp3) is 0.407. The van der Waals surface area contributed by atoms with E-state index < -0.39 is 23.3 Å². The number of carboxylic acids is 1. The molecule has 0 saturated heterocycles. The van der Waals surface area contributed by atoms with Crippen LogP contribution in [-0.4, -0.2) is 68.5 Å². The summed E-state index contributed by atoms with van der Waals surface area (Å²) in [5.74, 6) is -0.0779. The molecule has 0 spiro atoms. The monoisotopic (exact) mass is 523 g/mol. The molecule has 0 bridgehead atoms. The summed E-state index contributed by atoms with van der Waals surface area (Å²) in [6, 6.07) is 16.7. The van der Waals surface area contributed by atoms with Crippen LogP contribution in [0.25, 0.3) is 22.8 Å². The van der Waals surface area contributed by atoms with Crippen molar-refractivity contribution in [1.82, 2.24) is 25.7 Å². The molecule has 38 heavy (non-hydrogen) atoms. The molecular weight excluding hydrogens is 490 g/mol. The first-order chi connectivity index (χ1) is 18.0. The van der Waals surface area contributed by atoms with E-state index in [-0.39, 0.29) is 32.8 Å². The van der Waals surface area contributed by atoms with Crippen LogP contribution in [0.3, 0.4) is 0 Å². The normalized spacial score (nSPS) is 11.7. The number of hydrogen-bond donors (Lipinski definition) is 2. The lowest BCUT2D eigenvalue weighted by Crippen LogP contribution is -2.39. The summed E-state index contributed by atoms with van der Waals surface area (Å²) in [7, 11) is 0. The first kappa shape index (κ1) is 28.6. The smallest absolute Gasteiger partial charge is 0.407 e. The van der Waals surface area contributed by atoms with E-state index in [0.717, 1.165) is 16.7 Å². The van der Waals surface area contributed by atoms with Gasteiger partial charge in [0.2, 0.25) is 11.6 Å². The number of nitrogens with zero attached hydrogens (tertiary/aromatic N) is 4. The number of carbonyl (C=O) groups excluding carboxylic acids is 1. The lowest BCUT2D eigenvalue weighted by atomic mass is 10.0. The van der Waals surface area contributed by atoms with Crippen molar-refractivity contribution in [3.8, 4) is 22.8 Å². The molecule has 0 aliphatic heterocycles. The zero-order valence-electron chi connectivity index (χ0n) is 22.0. The van der Waals surface area contributed by atoms with E-state index >= 15 is 0 Å². The summed E-state index contributed by atoms with van der Waals surface area (Å²) in [6.45, 7) is 7.89. The van der Waals surface area contributed by atoms with Gasteiger partial charge in [0, 0.05) is 17.7 Å². The molecule has 1 heterocycles. The van der Waals surface area contributed by atoms with Crippen LogP contribution in [0.2, 0.25) is 0 Å². The van der Waals surface area contributed by atoms with Gasteiger partial charge < -0.3 is 24.6 Å². The Morgan fingerprint density at radius 3 is 1.97 bits per heavy atom. The highest BCUT2D eigenvalue weighted by atomic mass is 16.6. The molecule has 0 atom stereocenters. The molecule has 0 aliphatic rings. The molecule has 0 radical (unpaired) electrons. The van der Waals surface area contributed by atoms with Gasteiger partial charge in [-0.05, 0) is 33.3 Å². The number of ether oxygens (including phenoxy) is 3. The number of carboxylic acid groups (broad SMARTS) is 1. The minimum absolute atomic E-state index is 0.0925. The van der Waals surface area contributed by atoms with Crippen molar-refractivity contribution in [2.24, 2.45) is 0 Å². The highest BCUT2D eigenvalue weighted by Gasteiger charge is 2.27. The largest absolute Gasteiger partial charge is 0.481 e. The van der Waals surface area contributed by atoms with E-state index in [1.54, 1.807) is 13.8 Å². The number of nitrogens with one attached hydrogen (secondary N) is 1. The van der Waals surface area contributed by atoms with Gasteiger partial charge in [0.05, 0.1) is 30.8 Å². The van der Waals surface area contributed by atoms with Gasteiger partial charge in [-0.25, -0.2) is 4.79 Å². The van der Waals surface area contributed by atoms with Gasteiger partial charge in [-0.15, -0.1) is 20.4 Å². The topological polar surface area (TPSA) is 146 Å². The second kappa shape index (κ2) is 13.0. The van der Waals surface area contributed by atoms with Gasteiger partial charge in [0.1, 0.15) is 6.61 Å². The molecule has 0 saturated carbocycles. The van der Waals surface area contributed by atoms with Gasteiger partial charge in [-0.3, -0.25) is 4.79 Å². The summed E-state index contributed by atoms with van der Waals surface area (Å²) < 4.78 is 16.7. The highest BCUT2D eigenvalue weighted by Crippen LogP contribution is 2.19. The third-order valence-electron chi connectivity index (χ3n) is 5.34. The molecule has 202 valence electrons. The number of benzene rings is 2. The predicted octanol–water partition coefficient (Wildman–Crippen LogP) is 3.89. The van der Waals surface area contributed by atoms with Crippen LogP contribution in [0.1, 0.15) is 39.7 Å². The van der Waals surface area contributed by atoms with Crippen LogP contribution in [0.5, 0.6) is 0 Å². The van der Waals surface area contributed by atoms with Crippen LogP contribution < -0.4 is 5.32 Å². The Labute approximate surface area is 221 Å². The van der Waals surface area contributed by atoms with Crippen molar-refractivity contribution in [2.45, 2.75) is 51.9 Å². The molecule has 0 unspecified atom stereocenters. The van der Waals surface area contributed by atoms with E-state index in [1.807, 2.05) is 68.4 Å². The third kappa shape index (κ3) is 9.49. The number of carbonyl (C=O) groups is 2. The number of hydrogen-bond acceptors (Lipinski definition) is 9. The van der Waals surface area contributed by atoms with Crippen molar-refractivity contribution in [2.75, 3.05) is 19.8 Å². The van der Waals surface area contributed by atoms with E-state index in [0.29, 0.717) is 11.6 Å². The predicted molar refractivity (Wildman–Crippen MR) is 139 cm³/mol. The highest BCUT2D eigenvalue weighted by molar-refractivity contribution is 5.68. The van der Waals surface area contributed by atoms with E-state index in [2.05, 4.69) is 25.7 Å². The molecule has 0 aliphatic carbocycles. The average molecular weight is 524 g/mol. The minimum Gasteiger partial charge on any atom is -0.481 e. The van der Waals surface area contributed by atoms with E-state index in [1.165, 1.54) is 0 Å². The number of aromatic nitrogens is 4. The first-order valence-electron chi connectivity index (χ1n) is 12.2. The second-order valence-corrected chi connectivity index (χ2v) is 9.84. The van der Waals surface area contributed by atoms with Crippen LogP contribution >= 0.6 is 0 Å². The molecule has 3 rings (SSSR count). The van der Waals surface area contributed by atoms with Gasteiger partial charge in [-0.2, -0.15) is 0 Å². The van der Waals surface area contributed by atoms with E-state index in [9.17, 15) is 9.59 Å². The average Bonchev–Trinajstić information content (AvgIpc) is 2.89. The molecular formula is C27H33N5O6. The van der Waals surface area contributed by atoms with Crippen molar-refractivity contribution in [1.29, 1.82) is 0 Å². The molecule has 11 heteroatoms. The van der Waals surface area contributed by atoms with Crippen LogP contribution in [-0.2, 0) is 25.6 Å². The van der Waals surface area contributed by atoms with Gasteiger partial charge in [-0.1, -0.05) is 54.6 Å². The van der Waals surface area contributed by atoms with Gasteiger partial charge >= 0.3 is 12.1 Å². The van der Waals surface area contributed by atoms with Crippen molar-refractivity contribution in [3.05, 3.63) is 60.2 Å². The van der Waals surface area contributed by atoms with Gasteiger partial charge in [0.25, 0.3) is 0 Å². The standard InChI is InChI=1S/C27H33N5O6/c1-26(2,16-22(33)34)38-18-27(3,4)37-15-14-28-25(35)36-17-19-10-12-21(13-11-19)24-31-29-23(30-32-24)20-8-6-5-7-9-20/h5-13H,14-18H2,1-4H3,(H,28,35)(H,33,34). The Morgan fingerprint density at radius 2 is 1.39 bits per heavy atom. The zero-order valence-corrected chi connectivity index (χ0v) is 22.0. The van der Waals surface area contributed by atoms with E-state index in [4.69, 9.17) is 19.3 Å². The summed E-state index contributed by atoms with van der Waals surface area (Å²) in [5.41, 5.74) is 0.920. The quantitative estimate of drug-likeness (QED) is 0.316. The summed E-state index contributed by atoms with van der Waals surface area (Å²) in [6.07, 6.45) is -0.675. The Hall–Kier alpha value is -3.96. The Kier molecular flexibility index (Phi) is 9.80. The second-order valence-electron chi connectivity index (χ2n) is 9.84. The molecule has 1 aromatic heterocycles. The third-order valence-corrected chi connectivity index (χ3v) is 5.34. The first-order valence-corrected chi connectivity index (χ1v) is 12.2. The van der Waals surface area contributed by atoms with Crippen LogP contribution in [0, 0.1) is 0 Å².